The van der Waals surface area contributed by atoms with Gasteiger partial charge in [0, 0.05) is 44.0 Å². The molecule has 2 aliphatic heterocycles. The van der Waals surface area contributed by atoms with Crippen LogP contribution in [0.5, 0.6) is 23.0 Å². The van der Waals surface area contributed by atoms with Gasteiger partial charge in [0.2, 0.25) is 6.71 Å². The standard InChI is InChI=1S/C28H23BNO2.C11H8N.Ir/c1-17-16-30-22(15-19(17)28(2,3)4)18-13-14-25-26-27(18)32-24-12-8-6-10-21(24)29(26)20-9-5-7-11-23(20)31-25;1-2-6-10(7-3-1)11-8-4-5-9-12-11;/h5-12,14-16H,1-4H3;1-6,8-9H;/q2*-1;. The molecule has 0 spiro atoms. The van der Waals surface area contributed by atoms with Crippen LogP contribution in [-0.2, 0) is 25.5 Å². The van der Waals surface area contributed by atoms with Crippen LogP contribution in [0.2, 0.25) is 0 Å². The van der Waals surface area contributed by atoms with Gasteiger partial charge >= 0.3 is 0 Å². The molecule has 4 heterocycles. The Bertz CT molecular complexity index is 1930. The third-order valence-electron chi connectivity index (χ3n) is 8.08. The maximum Gasteiger partial charge on any atom is 0.239 e. The largest absolute Gasteiger partial charge is 0.503 e. The molecule has 0 saturated heterocycles. The fourth-order valence-electron chi connectivity index (χ4n) is 6.06. The molecule has 0 N–H and O–H groups in total. The number of hydrogen-bond donors (Lipinski definition) is 0. The van der Waals surface area contributed by atoms with Gasteiger partial charge in [-0.2, -0.15) is 0 Å². The van der Waals surface area contributed by atoms with E-state index in [9.17, 15) is 0 Å². The van der Waals surface area contributed by atoms with Crippen molar-refractivity contribution >= 4 is 23.1 Å². The molecule has 0 saturated carbocycles. The number of para-hydroxylation sites is 2. The first-order chi connectivity index (χ1) is 21.4. The van der Waals surface area contributed by atoms with Crippen LogP contribution in [0.25, 0.3) is 22.5 Å². The van der Waals surface area contributed by atoms with Gasteiger partial charge in [-0.3, -0.25) is 0 Å². The summed E-state index contributed by atoms with van der Waals surface area (Å²) in [5.74, 6) is 3.34. The van der Waals surface area contributed by atoms with E-state index in [0.29, 0.717) is 0 Å². The summed E-state index contributed by atoms with van der Waals surface area (Å²) in [4.78, 5) is 9.00. The summed E-state index contributed by atoms with van der Waals surface area (Å²) in [5.41, 5.74) is 9.59. The first-order valence-corrected chi connectivity index (χ1v) is 14.9. The molecule has 2 aromatic heterocycles. The van der Waals surface area contributed by atoms with Crippen molar-refractivity contribution in [2.75, 3.05) is 0 Å². The Balaban J connectivity index is 0.000000231. The van der Waals surface area contributed by atoms with Crippen molar-refractivity contribution in [1.82, 2.24) is 9.97 Å². The van der Waals surface area contributed by atoms with Crippen molar-refractivity contribution in [3.63, 3.8) is 0 Å². The van der Waals surface area contributed by atoms with Gasteiger partial charge in [0.1, 0.15) is 11.5 Å². The van der Waals surface area contributed by atoms with Crippen molar-refractivity contribution < 1.29 is 29.6 Å². The number of nitrogens with zero attached hydrogens (tertiary/aromatic N) is 2. The van der Waals surface area contributed by atoms with Crippen molar-refractivity contribution in [2.45, 2.75) is 33.1 Å². The minimum Gasteiger partial charge on any atom is -0.503 e. The smallest absolute Gasteiger partial charge is 0.239 e. The molecule has 6 aromatic rings. The monoisotopic (exact) mass is 763 g/mol. The number of benzene rings is 4. The molecule has 0 fully saturated rings. The predicted molar refractivity (Wildman–Crippen MR) is 178 cm³/mol. The minimum atomic E-state index is 0. The minimum absolute atomic E-state index is 0. The van der Waals surface area contributed by atoms with Gasteiger partial charge < -0.3 is 19.4 Å². The number of aryl methyl sites for hydroxylation is 1. The fourth-order valence-corrected chi connectivity index (χ4v) is 6.06. The van der Waals surface area contributed by atoms with E-state index in [1.807, 2.05) is 79.0 Å². The average Bonchev–Trinajstić information content (AvgIpc) is 3.05. The number of ether oxygens (including phenoxy) is 2. The van der Waals surface area contributed by atoms with Crippen LogP contribution in [0.1, 0.15) is 31.9 Å². The van der Waals surface area contributed by atoms with E-state index in [1.165, 1.54) is 11.1 Å². The Morgan fingerprint density at radius 3 is 2.07 bits per heavy atom. The van der Waals surface area contributed by atoms with Crippen LogP contribution in [0.15, 0.2) is 116 Å². The van der Waals surface area contributed by atoms with E-state index in [0.717, 1.165) is 61.9 Å². The first-order valence-electron chi connectivity index (χ1n) is 14.9. The molecule has 0 amide bonds. The predicted octanol–water partition coefficient (Wildman–Crippen LogP) is 7.43. The zero-order valence-electron chi connectivity index (χ0n) is 25.6. The Labute approximate surface area is 279 Å². The molecule has 0 atom stereocenters. The Morgan fingerprint density at radius 1 is 0.711 bits per heavy atom. The molecule has 0 unspecified atom stereocenters. The van der Waals surface area contributed by atoms with E-state index in [4.69, 9.17) is 14.5 Å². The van der Waals surface area contributed by atoms with Gasteiger partial charge in [0.15, 0.2) is 0 Å². The molecule has 0 aliphatic carbocycles. The first kappa shape index (κ1) is 30.5. The number of aromatic nitrogens is 2. The van der Waals surface area contributed by atoms with Gasteiger partial charge in [0.25, 0.3) is 0 Å². The van der Waals surface area contributed by atoms with E-state index in [-0.39, 0.29) is 32.2 Å². The molecule has 4 nitrogen and oxygen atoms in total. The summed E-state index contributed by atoms with van der Waals surface area (Å²) in [7, 11) is 0. The number of fused-ring (bicyclic) bond motifs is 4. The van der Waals surface area contributed by atoms with Gasteiger partial charge in [-0.1, -0.05) is 86.4 Å². The van der Waals surface area contributed by atoms with Crippen molar-refractivity contribution in [3.05, 3.63) is 139 Å². The Kier molecular flexibility index (Phi) is 8.46. The van der Waals surface area contributed by atoms with E-state index < -0.39 is 0 Å². The van der Waals surface area contributed by atoms with Gasteiger partial charge in [0.05, 0.1) is 0 Å². The Hall–Kier alpha value is -4.51. The zero-order valence-corrected chi connectivity index (χ0v) is 28.0. The molecule has 1 radical (unpaired) electrons. The van der Waals surface area contributed by atoms with Gasteiger partial charge in [-0.05, 0) is 64.0 Å². The van der Waals surface area contributed by atoms with E-state index >= 15 is 0 Å². The second-order valence-electron chi connectivity index (χ2n) is 12.1. The normalized spacial score (nSPS) is 12.1. The quantitative estimate of drug-likeness (QED) is 0.136. The second-order valence-corrected chi connectivity index (χ2v) is 12.1. The third kappa shape index (κ3) is 5.84. The maximum absolute atomic E-state index is 6.53. The van der Waals surface area contributed by atoms with Crippen molar-refractivity contribution in [2.24, 2.45) is 0 Å². The van der Waals surface area contributed by atoms with Crippen LogP contribution in [-0.4, -0.2) is 16.7 Å². The third-order valence-corrected chi connectivity index (χ3v) is 8.08. The van der Waals surface area contributed by atoms with Gasteiger partial charge in [-0.25, -0.2) is 0 Å². The SMILES string of the molecule is Cc1cnc(-c2[c-]cc3c4c2Oc2ccccc2B4c2ccccc2O3)cc1C(C)(C)C.[Ir].[c-]1ccccc1-c1ccccn1. The van der Waals surface area contributed by atoms with Crippen LogP contribution in [0.4, 0.5) is 0 Å². The average molecular weight is 763 g/mol. The van der Waals surface area contributed by atoms with E-state index in [2.05, 4.69) is 75.1 Å². The van der Waals surface area contributed by atoms with Crippen LogP contribution in [0.3, 0.4) is 0 Å². The van der Waals surface area contributed by atoms with E-state index in [1.54, 1.807) is 6.20 Å². The molecule has 2 aliphatic rings. The molecule has 4 aromatic carbocycles. The molecule has 45 heavy (non-hydrogen) atoms. The fraction of sp³-hybridized carbons (Fsp3) is 0.128. The molecular weight excluding hydrogens is 731 g/mol. The molecule has 223 valence electrons. The van der Waals surface area contributed by atoms with Crippen molar-refractivity contribution in [1.29, 1.82) is 0 Å². The Morgan fingerprint density at radius 2 is 1.40 bits per heavy atom. The number of rotatable bonds is 2. The zero-order chi connectivity index (χ0) is 30.3. The second kappa shape index (κ2) is 12.5. The summed E-state index contributed by atoms with van der Waals surface area (Å²) in [5, 5.41) is 0. The summed E-state index contributed by atoms with van der Waals surface area (Å²) < 4.78 is 12.8. The number of hydrogen-bond acceptors (Lipinski definition) is 4. The molecule has 8 rings (SSSR count). The van der Waals surface area contributed by atoms with Crippen LogP contribution < -0.4 is 25.9 Å². The van der Waals surface area contributed by atoms with Crippen molar-refractivity contribution in [3.8, 4) is 45.5 Å². The van der Waals surface area contributed by atoms with Crippen LogP contribution >= 0.6 is 0 Å². The summed E-state index contributed by atoms with van der Waals surface area (Å²) in [6.07, 6.45) is 3.74. The summed E-state index contributed by atoms with van der Waals surface area (Å²) >= 11 is 0. The van der Waals surface area contributed by atoms with Gasteiger partial charge in [-0.15, -0.1) is 48.0 Å². The number of pyridine rings is 2. The van der Waals surface area contributed by atoms with Crippen LogP contribution in [0, 0.1) is 19.1 Å². The molecule has 6 heteroatoms. The maximum atomic E-state index is 6.53. The topological polar surface area (TPSA) is 44.2 Å². The summed E-state index contributed by atoms with van der Waals surface area (Å²) in [6, 6.07) is 40.9. The molecule has 0 bridgehead atoms. The molecular formula is C39H31BIrN2O2-2. The summed E-state index contributed by atoms with van der Waals surface area (Å²) in [6.45, 7) is 8.86.